The first-order valence-corrected chi connectivity index (χ1v) is 6.58. The zero-order valence-corrected chi connectivity index (χ0v) is 12.0. The van der Waals surface area contributed by atoms with E-state index in [0.717, 1.165) is 27.8 Å². The molecule has 0 radical (unpaired) electrons. The quantitative estimate of drug-likeness (QED) is 0.864. The number of nitrogens with zero attached hydrogens (tertiary/aromatic N) is 3. The molecule has 0 amide bonds. The van der Waals surface area contributed by atoms with Crippen molar-refractivity contribution < 1.29 is 9.47 Å². The fourth-order valence-electron chi connectivity index (χ4n) is 1.61. The van der Waals surface area contributed by atoms with Crippen molar-refractivity contribution in [3.63, 3.8) is 0 Å². The minimum atomic E-state index is 0.496. The van der Waals surface area contributed by atoms with Crippen LogP contribution in [0.4, 0.5) is 0 Å². The molecule has 0 bridgehead atoms. The largest absolute Gasteiger partial charge is 0.481 e. The maximum absolute atomic E-state index is 5.17. The summed E-state index contributed by atoms with van der Waals surface area (Å²) in [6.07, 6.45) is 1.48. The van der Waals surface area contributed by atoms with Crippen LogP contribution in [0.1, 0.15) is 10.6 Å². The van der Waals surface area contributed by atoms with Gasteiger partial charge in [0.05, 0.1) is 19.4 Å². The standard InChI is InChI=1S/C12H16N4O2S/c1-13-5-10-9(6-17-2)16-12(19-10)8-4-11(18-3)15-7-14-8/h4,7,13H,5-6H2,1-3H3. The Hall–Kier alpha value is -1.57. The van der Waals surface area contributed by atoms with Crippen LogP contribution < -0.4 is 10.1 Å². The zero-order chi connectivity index (χ0) is 13.7. The van der Waals surface area contributed by atoms with Crippen molar-refractivity contribution in [2.75, 3.05) is 21.3 Å². The van der Waals surface area contributed by atoms with E-state index in [-0.39, 0.29) is 0 Å². The topological polar surface area (TPSA) is 69.2 Å². The molecule has 7 heteroatoms. The molecule has 2 aromatic rings. The molecule has 2 aromatic heterocycles. The lowest BCUT2D eigenvalue weighted by Crippen LogP contribution is -2.06. The Kier molecular flexibility index (Phi) is 4.78. The van der Waals surface area contributed by atoms with E-state index in [1.807, 2.05) is 7.05 Å². The normalized spacial score (nSPS) is 10.7. The van der Waals surface area contributed by atoms with Crippen molar-refractivity contribution in [3.05, 3.63) is 23.0 Å². The van der Waals surface area contributed by atoms with Gasteiger partial charge < -0.3 is 14.8 Å². The van der Waals surface area contributed by atoms with Crippen LogP contribution >= 0.6 is 11.3 Å². The molecular weight excluding hydrogens is 264 g/mol. The molecule has 1 N–H and O–H groups in total. The maximum atomic E-state index is 5.17. The number of nitrogens with one attached hydrogen (secondary N) is 1. The van der Waals surface area contributed by atoms with Crippen LogP contribution in [0.15, 0.2) is 12.4 Å². The first-order chi connectivity index (χ1) is 9.28. The summed E-state index contributed by atoms with van der Waals surface area (Å²) in [4.78, 5) is 13.9. The number of aromatic nitrogens is 3. The van der Waals surface area contributed by atoms with E-state index in [2.05, 4.69) is 20.3 Å². The maximum Gasteiger partial charge on any atom is 0.216 e. The Morgan fingerprint density at radius 3 is 2.84 bits per heavy atom. The van der Waals surface area contributed by atoms with Crippen molar-refractivity contribution in [2.24, 2.45) is 0 Å². The van der Waals surface area contributed by atoms with Crippen molar-refractivity contribution in [3.8, 4) is 16.6 Å². The molecule has 0 aliphatic rings. The molecule has 102 valence electrons. The number of hydrogen-bond acceptors (Lipinski definition) is 7. The lowest BCUT2D eigenvalue weighted by molar-refractivity contribution is 0.181. The van der Waals surface area contributed by atoms with Crippen LogP contribution in [0.25, 0.3) is 10.7 Å². The molecule has 0 saturated carbocycles. The van der Waals surface area contributed by atoms with Gasteiger partial charge >= 0.3 is 0 Å². The van der Waals surface area contributed by atoms with Crippen molar-refractivity contribution >= 4 is 11.3 Å². The number of rotatable bonds is 6. The van der Waals surface area contributed by atoms with Gasteiger partial charge in [-0.3, -0.25) is 0 Å². The average Bonchev–Trinajstić information content (AvgIpc) is 2.83. The smallest absolute Gasteiger partial charge is 0.216 e. The van der Waals surface area contributed by atoms with Crippen molar-refractivity contribution in [2.45, 2.75) is 13.2 Å². The summed E-state index contributed by atoms with van der Waals surface area (Å²) in [5.41, 5.74) is 1.70. The monoisotopic (exact) mass is 280 g/mol. The van der Waals surface area contributed by atoms with Gasteiger partial charge in [-0.1, -0.05) is 0 Å². The third kappa shape index (κ3) is 3.25. The highest BCUT2D eigenvalue weighted by molar-refractivity contribution is 7.15. The molecule has 0 spiro atoms. The van der Waals surface area contributed by atoms with Crippen LogP contribution in [0.3, 0.4) is 0 Å². The van der Waals surface area contributed by atoms with Crippen LogP contribution in [-0.2, 0) is 17.9 Å². The highest BCUT2D eigenvalue weighted by atomic mass is 32.1. The molecule has 0 atom stereocenters. The Labute approximate surface area is 115 Å². The molecule has 6 nitrogen and oxygen atoms in total. The molecule has 0 unspecified atom stereocenters. The summed E-state index contributed by atoms with van der Waals surface area (Å²) in [6, 6.07) is 1.78. The Morgan fingerprint density at radius 2 is 2.16 bits per heavy atom. The predicted octanol–water partition coefficient (Wildman–Crippen LogP) is 1.47. The second-order valence-corrected chi connectivity index (χ2v) is 4.88. The minimum Gasteiger partial charge on any atom is -0.481 e. The van der Waals surface area contributed by atoms with E-state index < -0.39 is 0 Å². The minimum absolute atomic E-state index is 0.496. The third-order valence-electron chi connectivity index (χ3n) is 2.47. The summed E-state index contributed by atoms with van der Waals surface area (Å²) in [5, 5.41) is 3.97. The Bertz CT molecular complexity index is 521. The van der Waals surface area contributed by atoms with Gasteiger partial charge in [-0.2, -0.15) is 0 Å². The van der Waals surface area contributed by atoms with Crippen LogP contribution in [0.5, 0.6) is 5.88 Å². The summed E-state index contributed by atoms with van der Waals surface area (Å²) in [5.74, 6) is 0.531. The fraction of sp³-hybridized carbons (Fsp3) is 0.417. The summed E-state index contributed by atoms with van der Waals surface area (Å²) < 4.78 is 10.3. The first kappa shape index (κ1) is 13.9. The SMILES string of the molecule is CNCc1sc(-c2cc(OC)ncn2)nc1COC. The van der Waals surface area contributed by atoms with Crippen LogP contribution in [-0.4, -0.2) is 36.2 Å². The second-order valence-electron chi connectivity index (χ2n) is 3.80. The van der Waals surface area contributed by atoms with E-state index in [1.54, 1.807) is 31.6 Å². The number of thiazole rings is 1. The zero-order valence-electron chi connectivity index (χ0n) is 11.1. The molecule has 0 aliphatic heterocycles. The summed E-state index contributed by atoms with van der Waals surface area (Å²) >= 11 is 1.60. The van der Waals surface area contributed by atoms with E-state index in [9.17, 15) is 0 Å². The highest BCUT2D eigenvalue weighted by Crippen LogP contribution is 2.28. The van der Waals surface area contributed by atoms with Crippen LogP contribution in [0.2, 0.25) is 0 Å². The average molecular weight is 280 g/mol. The number of hydrogen-bond donors (Lipinski definition) is 1. The van der Waals surface area contributed by atoms with Gasteiger partial charge in [0.25, 0.3) is 0 Å². The van der Waals surface area contributed by atoms with Crippen molar-refractivity contribution in [1.29, 1.82) is 0 Å². The molecule has 0 aromatic carbocycles. The highest BCUT2D eigenvalue weighted by Gasteiger charge is 2.13. The molecular formula is C12H16N4O2S. The van der Waals surface area contributed by atoms with E-state index in [1.165, 1.54) is 6.33 Å². The van der Waals surface area contributed by atoms with Gasteiger partial charge in [-0.05, 0) is 7.05 Å². The van der Waals surface area contributed by atoms with Gasteiger partial charge in [0.2, 0.25) is 5.88 Å². The third-order valence-corrected chi connectivity index (χ3v) is 3.59. The van der Waals surface area contributed by atoms with Gasteiger partial charge in [0.1, 0.15) is 17.0 Å². The van der Waals surface area contributed by atoms with Gasteiger partial charge in [-0.15, -0.1) is 11.3 Å². The van der Waals surface area contributed by atoms with Crippen LogP contribution in [0, 0.1) is 0 Å². The molecule has 0 fully saturated rings. The molecule has 2 heterocycles. The van der Waals surface area contributed by atoms with Crippen molar-refractivity contribution in [1.82, 2.24) is 20.3 Å². The van der Waals surface area contributed by atoms with E-state index >= 15 is 0 Å². The van der Waals surface area contributed by atoms with Gasteiger partial charge in [0.15, 0.2) is 0 Å². The number of methoxy groups -OCH3 is 2. The van der Waals surface area contributed by atoms with Gasteiger partial charge in [-0.25, -0.2) is 15.0 Å². The lowest BCUT2D eigenvalue weighted by Gasteiger charge is -1.99. The second kappa shape index (κ2) is 6.55. The molecule has 19 heavy (non-hydrogen) atoms. The molecule has 0 aliphatic carbocycles. The fourth-order valence-corrected chi connectivity index (χ4v) is 2.65. The first-order valence-electron chi connectivity index (χ1n) is 5.77. The summed E-state index contributed by atoms with van der Waals surface area (Å²) in [7, 11) is 5.15. The Morgan fingerprint density at radius 1 is 1.32 bits per heavy atom. The van der Waals surface area contributed by atoms with E-state index in [0.29, 0.717) is 12.5 Å². The molecule has 2 rings (SSSR count). The predicted molar refractivity (Wildman–Crippen MR) is 73.2 cm³/mol. The Balaban J connectivity index is 2.35. The van der Waals surface area contributed by atoms with Gasteiger partial charge in [0, 0.05) is 24.6 Å². The molecule has 0 saturated heterocycles. The summed E-state index contributed by atoms with van der Waals surface area (Å²) in [6.45, 7) is 1.26. The lowest BCUT2D eigenvalue weighted by atomic mass is 10.3. The van der Waals surface area contributed by atoms with E-state index in [4.69, 9.17) is 9.47 Å². The number of ether oxygens (including phenoxy) is 2.